The Morgan fingerprint density at radius 1 is 0.528 bits per heavy atom. The van der Waals surface area contributed by atoms with Gasteiger partial charge in [0, 0.05) is 49.1 Å². The third kappa shape index (κ3) is 4.20. The number of thiophene rings is 1. The summed E-state index contributed by atoms with van der Waals surface area (Å²) in [6.45, 7) is 8.28. The minimum absolute atomic E-state index is 0.455. The van der Waals surface area contributed by atoms with E-state index in [9.17, 15) is 5.26 Å². The van der Waals surface area contributed by atoms with Crippen molar-refractivity contribution in [2.24, 2.45) is 0 Å². The van der Waals surface area contributed by atoms with E-state index in [4.69, 9.17) is 6.57 Å². The van der Waals surface area contributed by atoms with E-state index >= 15 is 0 Å². The van der Waals surface area contributed by atoms with Crippen LogP contribution in [-0.4, -0.2) is 8.97 Å². The van der Waals surface area contributed by atoms with Gasteiger partial charge in [0.25, 0.3) is 0 Å². The molecule has 0 aliphatic heterocycles. The van der Waals surface area contributed by atoms with E-state index in [1.165, 1.54) is 48.2 Å². The molecule has 0 saturated carbocycles. The Morgan fingerprint density at radius 3 is 1.83 bits per heavy atom. The predicted molar refractivity (Wildman–Crippen MR) is 221 cm³/mol. The van der Waals surface area contributed by atoms with Crippen LogP contribution in [0.25, 0.3) is 103 Å². The number of hydrogen-bond acceptors (Lipinski definition) is 2. The average molecular weight is 691 g/mol. The van der Waals surface area contributed by atoms with E-state index < -0.39 is 0 Å². The van der Waals surface area contributed by atoms with Crippen molar-refractivity contribution in [3.05, 3.63) is 174 Å². The van der Waals surface area contributed by atoms with Gasteiger partial charge in [-0.2, -0.15) is 5.26 Å². The van der Waals surface area contributed by atoms with Gasteiger partial charge in [0.15, 0.2) is 5.69 Å². The van der Waals surface area contributed by atoms with Crippen molar-refractivity contribution in [2.45, 2.75) is 0 Å². The first-order chi connectivity index (χ1) is 26.2. The highest BCUT2D eigenvalue weighted by Gasteiger charge is 2.21. The van der Waals surface area contributed by atoms with Gasteiger partial charge in [-0.05, 0) is 99.9 Å². The van der Waals surface area contributed by atoms with Gasteiger partial charge in [0.1, 0.15) is 4.83 Å². The van der Waals surface area contributed by atoms with Gasteiger partial charge in [-0.25, -0.2) is 4.85 Å². The van der Waals surface area contributed by atoms with E-state index in [2.05, 4.69) is 153 Å². The van der Waals surface area contributed by atoms with Crippen molar-refractivity contribution in [3.63, 3.8) is 0 Å². The van der Waals surface area contributed by atoms with Crippen molar-refractivity contribution >= 4 is 76.2 Å². The van der Waals surface area contributed by atoms with Crippen LogP contribution in [0.5, 0.6) is 0 Å². The summed E-state index contributed by atoms with van der Waals surface area (Å²) >= 11 is 1.78. The van der Waals surface area contributed by atoms with Crippen LogP contribution in [0.1, 0.15) is 5.56 Å². The monoisotopic (exact) mass is 690 g/mol. The molecule has 0 radical (unpaired) electrons. The third-order valence-electron chi connectivity index (χ3n) is 10.8. The molecule has 5 heteroatoms. The van der Waals surface area contributed by atoms with Crippen LogP contribution in [0.3, 0.4) is 0 Å². The maximum atomic E-state index is 10.6. The summed E-state index contributed by atoms with van der Waals surface area (Å²) < 4.78 is 4.67. The second-order valence-electron chi connectivity index (χ2n) is 13.6. The third-order valence-corrected chi connectivity index (χ3v) is 11.7. The minimum atomic E-state index is 0.455. The molecule has 0 bridgehead atoms. The molecular formula is C48H26N4S. The first kappa shape index (κ1) is 29.5. The van der Waals surface area contributed by atoms with Gasteiger partial charge in [0.2, 0.25) is 0 Å². The molecule has 4 nitrogen and oxygen atoms in total. The lowest BCUT2D eigenvalue weighted by Gasteiger charge is -2.14. The Labute approximate surface area is 308 Å². The number of rotatable bonds is 4. The van der Waals surface area contributed by atoms with Crippen LogP contribution in [0, 0.1) is 17.9 Å². The number of fused-ring (bicyclic) bond motifs is 9. The van der Waals surface area contributed by atoms with Crippen LogP contribution >= 0.6 is 11.3 Å². The van der Waals surface area contributed by atoms with Crippen LogP contribution < -0.4 is 0 Å². The fourth-order valence-corrected chi connectivity index (χ4v) is 9.45. The highest BCUT2D eigenvalue weighted by Crippen LogP contribution is 2.44. The first-order valence-electron chi connectivity index (χ1n) is 17.5. The van der Waals surface area contributed by atoms with E-state index in [1.54, 1.807) is 11.3 Å². The summed E-state index contributed by atoms with van der Waals surface area (Å²) in [5.74, 6) is 0. The summed E-state index contributed by atoms with van der Waals surface area (Å²) in [7, 11) is 0. The van der Waals surface area contributed by atoms with E-state index in [0.29, 0.717) is 16.8 Å². The molecular weight excluding hydrogens is 665 g/mol. The van der Waals surface area contributed by atoms with Crippen molar-refractivity contribution in [1.29, 1.82) is 5.26 Å². The summed E-state index contributed by atoms with van der Waals surface area (Å²) in [6, 6.07) is 55.3. The normalized spacial score (nSPS) is 11.7. The molecule has 0 unspecified atom stereocenters. The zero-order valence-electron chi connectivity index (χ0n) is 28.2. The lowest BCUT2D eigenvalue weighted by atomic mass is 9.92. The number of aromatic nitrogens is 2. The second kappa shape index (κ2) is 11.2. The van der Waals surface area contributed by atoms with Crippen molar-refractivity contribution in [3.8, 4) is 45.1 Å². The largest absolute Gasteiger partial charge is 0.309 e. The molecule has 0 saturated heterocycles. The van der Waals surface area contributed by atoms with E-state index in [0.717, 1.165) is 44.5 Å². The summed E-state index contributed by atoms with van der Waals surface area (Å²) in [5, 5.41) is 20.1. The number of hydrogen-bond donors (Lipinski definition) is 0. The number of benzene rings is 7. The molecule has 0 aliphatic rings. The van der Waals surface area contributed by atoms with Gasteiger partial charge in [-0.3, -0.25) is 4.40 Å². The Hall–Kier alpha value is -7.18. The van der Waals surface area contributed by atoms with Crippen molar-refractivity contribution in [2.75, 3.05) is 0 Å². The Bertz CT molecular complexity index is 3290. The second-order valence-corrected chi connectivity index (χ2v) is 14.4. The Kier molecular flexibility index (Phi) is 6.22. The molecule has 7 aromatic carbocycles. The lowest BCUT2D eigenvalue weighted by Crippen LogP contribution is -1.95. The molecule has 0 atom stereocenters. The van der Waals surface area contributed by atoms with Gasteiger partial charge >= 0.3 is 0 Å². The van der Waals surface area contributed by atoms with E-state index in [1.807, 2.05) is 24.3 Å². The van der Waals surface area contributed by atoms with E-state index in [-0.39, 0.29) is 0 Å². The smallest absolute Gasteiger partial charge is 0.196 e. The van der Waals surface area contributed by atoms with Crippen LogP contribution in [-0.2, 0) is 0 Å². The molecule has 4 aromatic heterocycles. The molecule has 0 spiro atoms. The lowest BCUT2D eigenvalue weighted by molar-refractivity contribution is 1.18. The molecule has 244 valence electrons. The van der Waals surface area contributed by atoms with Crippen molar-refractivity contribution < 1.29 is 0 Å². The molecule has 0 N–H and O–H groups in total. The molecule has 53 heavy (non-hydrogen) atoms. The molecule has 0 aliphatic carbocycles. The summed E-state index contributed by atoms with van der Waals surface area (Å²) in [4.78, 5) is 5.28. The Balaban J connectivity index is 1.05. The summed E-state index contributed by atoms with van der Waals surface area (Å²) in [5.41, 5.74) is 12.2. The quantitative estimate of drug-likeness (QED) is 0.169. The van der Waals surface area contributed by atoms with Crippen molar-refractivity contribution in [1.82, 2.24) is 8.97 Å². The van der Waals surface area contributed by atoms with Gasteiger partial charge in [0.05, 0.1) is 34.7 Å². The topological polar surface area (TPSA) is 37.5 Å². The maximum absolute atomic E-state index is 10.6. The standard InChI is InChI=1S/C48H26N4S/c1-50-42-27-32(23-34(28-49)46(42)31-12-9-13-35(24-31)51-43-17-5-2-14-36(43)37-15-3-6-18-44(37)51)29-10-8-11-30(22-29)33-25-40-38-16-4-7-19-45(38)52-47(40)41(26-33)39-20-21-53-48(39)52/h2-27H. The average Bonchev–Trinajstić information content (AvgIpc) is 3.98. The van der Waals surface area contributed by atoms with Crippen LogP contribution in [0.15, 0.2) is 157 Å². The van der Waals surface area contributed by atoms with Gasteiger partial charge in [-0.15, -0.1) is 11.3 Å². The maximum Gasteiger partial charge on any atom is 0.196 e. The van der Waals surface area contributed by atoms with Crippen LogP contribution in [0.4, 0.5) is 5.69 Å². The van der Waals surface area contributed by atoms with Gasteiger partial charge < -0.3 is 4.57 Å². The molecule has 11 rings (SSSR count). The number of nitriles is 1. The first-order valence-corrected chi connectivity index (χ1v) is 18.4. The fourth-order valence-electron chi connectivity index (χ4n) is 8.51. The molecule has 4 heterocycles. The number of nitrogens with zero attached hydrogens (tertiary/aromatic N) is 4. The SMILES string of the molecule is [C-]#[N+]c1cc(-c2cccc(-c3cc4c5ccccc5n5c6sccc6c(c3)c45)c2)cc(C#N)c1-c1cccc(-n2c3ccccc3c3ccccc32)c1. The highest BCUT2D eigenvalue weighted by atomic mass is 32.1. The zero-order valence-corrected chi connectivity index (χ0v) is 29.0. The minimum Gasteiger partial charge on any atom is -0.309 e. The molecule has 0 fully saturated rings. The predicted octanol–water partition coefficient (Wildman–Crippen LogP) is 13.4. The summed E-state index contributed by atoms with van der Waals surface area (Å²) in [6.07, 6.45) is 0. The molecule has 0 amide bonds. The zero-order chi connectivity index (χ0) is 35.2. The fraction of sp³-hybridized carbons (Fsp3) is 0. The molecule has 11 aromatic rings. The Morgan fingerprint density at radius 2 is 1.13 bits per heavy atom. The van der Waals surface area contributed by atoms with Crippen LogP contribution in [0.2, 0.25) is 0 Å². The number of para-hydroxylation sites is 3. The van der Waals surface area contributed by atoms with Gasteiger partial charge in [-0.1, -0.05) is 84.9 Å². The highest BCUT2D eigenvalue weighted by molar-refractivity contribution is 7.17.